The Kier molecular flexibility index (Phi) is 4.12. The van der Waals surface area contributed by atoms with Crippen LogP contribution in [0.15, 0.2) is 23.0 Å². The molecular formula is C18H24N4O. The summed E-state index contributed by atoms with van der Waals surface area (Å²) in [6, 6.07) is 2.14. The molecule has 2 aromatic rings. The first kappa shape index (κ1) is 14.8. The van der Waals surface area contributed by atoms with Gasteiger partial charge in [-0.15, -0.1) is 0 Å². The van der Waals surface area contributed by atoms with Crippen molar-refractivity contribution in [2.24, 2.45) is 5.92 Å². The van der Waals surface area contributed by atoms with Crippen LogP contribution in [0, 0.1) is 12.8 Å². The maximum atomic E-state index is 5.37. The molecule has 2 aromatic heterocycles. The van der Waals surface area contributed by atoms with Crippen LogP contribution in [0.4, 0.5) is 0 Å². The molecule has 0 amide bonds. The first-order valence-electron chi connectivity index (χ1n) is 8.72. The number of aromatic nitrogens is 3. The summed E-state index contributed by atoms with van der Waals surface area (Å²) in [5.41, 5.74) is 2.68. The zero-order valence-electron chi connectivity index (χ0n) is 13.7. The predicted octanol–water partition coefficient (Wildman–Crippen LogP) is 3.11. The molecule has 5 nitrogen and oxygen atoms in total. The van der Waals surface area contributed by atoms with Crippen LogP contribution in [0.2, 0.25) is 0 Å². The summed E-state index contributed by atoms with van der Waals surface area (Å²) in [5, 5.41) is 4.16. The Labute approximate surface area is 137 Å². The third-order valence-corrected chi connectivity index (χ3v) is 5.12. The summed E-state index contributed by atoms with van der Waals surface area (Å²) in [4.78, 5) is 11.3. The highest BCUT2D eigenvalue weighted by molar-refractivity contribution is 5.21. The van der Waals surface area contributed by atoms with Gasteiger partial charge in [0, 0.05) is 31.3 Å². The van der Waals surface area contributed by atoms with Gasteiger partial charge in [0.25, 0.3) is 0 Å². The molecule has 2 aliphatic rings. The smallest absolute Gasteiger partial charge is 0.229 e. The molecule has 0 spiro atoms. The Balaban J connectivity index is 1.27. The van der Waals surface area contributed by atoms with E-state index in [4.69, 9.17) is 4.52 Å². The van der Waals surface area contributed by atoms with E-state index in [9.17, 15) is 0 Å². The molecule has 23 heavy (non-hydrogen) atoms. The predicted molar refractivity (Wildman–Crippen MR) is 87.0 cm³/mol. The van der Waals surface area contributed by atoms with Crippen molar-refractivity contribution in [2.45, 2.75) is 51.5 Å². The summed E-state index contributed by atoms with van der Waals surface area (Å²) in [5.74, 6) is 3.03. The quantitative estimate of drug-likeness (QED) is 0.849. The lowest BCUT2D eigenvalue weighted by atomic mass is 9.93. The van der Waals surface area contributed by atoms with Crippen molar-refractivity contribution < 1.29 is 4.52 Å². The molecule has 3 heterocycles. The van der Waals surface area contributed by atoms with Crippen LogP contribution in [-0.2, 0) is 13.0 Å². The van der Waals surface area contributed by atoms with E-state index < -0.39 is 0 Å². The first-order chi connectivity index (χ1) is 11.3. The van der Waals surface area contributed by atoms with E-state index in [-0.39, 0.29) is 0 Å². The van der Waals surface area contributed by atoms with Gasteiger partial charge in [-0.25, -0.2) is 0 Å². The molecule has 1 saturated heterocycles. The van der Waals surface area contributed by atoms with Gasteiger partial charge in [-0.05, 0) is 68.8 Å². The van der Waals surface area contributed by atoms with Crippen molar-refractivity contribution in [3.8, 4) is 0 Å². The van der Waals surface area contributed by atoms with E-state index >= 15 is 0 Å². The lowest BCUT2D eigenvalue weighted by Crippen LogP contribution is -2.34. The summed E-state index contributed by atoms with van der Waals surface area (Å²) in [6.07, 6.45) is 9.69. The number of likely N-dealkylation sites (tertiary alicyclic amines) is 1. The minimum atomic E-state index is 0.557. The van der Waals surface area contributed by atoms with Crippen LogP contribution >= 0.6 is 0 Å². The van der Waals surface area contributed by atoms with Crippen LogP contribution in [-0.4, -0.2) is 33.1 Å². The highest BCUT2D eigenvalue weighted by Crippen LogP contribution is 2.39. The second-order valence-corrected chi connectivity index (χ2v) is 7.05. The standard InChI is InChI=1S/C18H24N4O/c1-13-11-19-7-4-16(13)12-22-8-5-14(6-9-22)10-17-20-18(23-21-17)15-2-3-15/h4,7,11,14-15H,2-3,5-6,8-10,12H2,1H3. The van der Waals surface area contributed by atoms with E-state index in [2.05, 4.69) is 33.0 Å². The molecule has 1 aliphatic carbocycles. The third kappa shape index (κ3) is 3.61. The average molecular weight is 312 g/mol. The largest absolute Gasteiger partial charge is 0.339 e. The molecule has 0 N–H and O–H groups in total. The van der Waals surface area contributed by atoms with Gasteiger partial charge < -0.3 is 4.52 Å². The Morgan fingerprint density at radius 1 is 1.22 bits per heavy atom. The molecule has 1 saturated carbocycles. The van der Waals surface area contributed by atoms with Gasteiger partial charge in [-0.2, -0.15) is 4.98 Å². The van der Waals surface area contributed by atoms with Crippen LogP contribution in [0.5, 0.6) is 0 Å². The number of aryl methyl sites for hydroxylation is 1. The van der Waals surface area contributed by atoms with Crippen LogP contribution in [0.1, 0.15) is 54.4 Å². The summed E-state index contributed by atoms with van der Waals surface area (Å²) >= 11 is 0. The lowest BCUT2D eigenvalue weighted by Gasteiger charge is -2.31. The molecular weight excluding hydrogens is 288 g/mol. The second kappa shape index (κ2) is 6.40. The van der Waals surface area contributed by atoms with E-state index in [0.29, 0.717) is 11.8 Å². The summed E-state index contributed by atoms with van der Waals surface area (Å²) in [7, 11) is 0. The molecule has 0 radical (unpaired) electrons. The van der Waals surface area contributed by atoms with Gasteiger partial charge in [-0.3, -0.25) is 9.88 Å². The van der Waals surface area contributed by atoms with Gasteiger partial charge in [0.2, 0.25) is 5.89 Å². The van der Waals surface area contributed by atoms with E-state index in [1.807, 2.05) is 12.4 Å². The van der Waals surface area contributed by atoms with E-state index in [0.717, 1.165) is 37.8 Å². The highest BCUT2D eigenvalue weighted by Gasteiger charge is 2.30. The Hall–Kier alpha value is -1.75. The van der Waals surface area contributed by atoms with Crippen molar-refractivity contribution in [3.63, 3.8) is 0 Å². The first-order valence-corrected chi connectivity index (χ1v) is 8.72. The average Bonchev–Trinajstić information content (AvgIpc) is 3.32. The van der Waals surface area contributed by atoms with Crippen molar-refractivity contribution >= 4 is 0 Å². The maximum Gasteiger partial charge on any atom is 0.229 e. The number of piperidine rings is 1. The van der Waals surface area contributed by atoms with Crippen molar-refractivity contribution in [1.29, 1.82) is 0 Å². The number of nitrogens with zero attached hydrogens (tertiary/aromatic N) is 4. The van der Waals surface area contributed by atoms with Crippen LogP contribution in [0.3, 0.4) is 0 Å². The Morgan fingerprint density at radius 3 is 2.78 bits per heavy atom. The molecule has 0 aromatic carbocycles. The van der Waals surface area contributed by atoms with E-state index in [1.54, 1.807) is 0 Å². The van der Waals surface area contributed by atoms with Gasteiger partial charge in [0.05, 0.1) is 0 Å². The number of hydrogen-bond donors (Lipinski definition) is 0. The topological polar surface area (TPSA) is 55.1 Å². The SMILES string of the molecule is Cc1cnccc1CN1CCC(Cc2noc(C3CC3)n2)CC1. The van der Waals surface area contributed by atoms with Gasteiger partial charge in [0.15, 0.2) is 5.82 Å². The molecule has 0 unspecified atom stereocenters. The Morgan fingerprint density at radius 2 is 2.04 bits per heavy atom. The molecule has 0 bridgehead atoms. The zero-order chi connectivity index (χ0) is 15.6. The minimum Gasteiger partial charge on any atom is -0.339 e. The summed E-state index contributed by atoms with van der Waals surface area (Å²) < 4.78 is 5.37. The number of pyridine rings is 1. The lowest BCUT2D eigenvalue weighted by molar-refractivity contribution is 0.175. The molecule has 1 aliphatic heterocycles. The number of rotatable bonds is 5. The number of hydrogen-bond acceptors (Lipinski definition) is 5. The fraction of sp³-hybridized carbons (Fsp3) is 0.611. The Bertz CT molecular complexity index is 657. The highest BCUT2D eigenvalue weighted by atomic mass is 16.5. The fourth-order valence-electron chi connectivity index (χ4n) is 3.37. The summed E-state index contributed by atoms with van der Waals surface area (Å²) in [6.45, 7) is 5.48. The maximum absolute atomic E-state index is 5.37. The normalized spacial score (nSPS) is 20.0. The van der Waals surface area contributed by atoms with E-state index in [1.165, 1.54) is 36.8 Å². The molecule has 122 valence electrons. The van der Waals surface area contributed by atoms with Gasteiger partial charge >= 0.3 is 0 Å². The third-order valence-electron chi connectivity index (χ3n) is 5.12. The van der Waals surface area contributed by atoms with Crippen LogP contribution < -0.4 is 0 Å². The molecule has 0 atom stereocenters. The van der Waals surface area contributed by atoms with Crippen molar-refractivity contribution in [2.75, 3.05) is 13.1 Å². The molecule has 4 rings (SSSR count). The second-order valence-electron chi connectivity index (χ2n) is 7.05. The van der Waals surface area contributed by atoms with Crippen molar-refractivity contribution in [3.05, 3.63) is 41.3 Å². The van der Waals surface area contributed by atoms with Crippen LogP contribution in [0.25, 0.3) is 0 Å². The molecule has 5 heteroatoms. The van der Waals surface area contributed by atoms with Gasteiger partial charge in [-0.1, -0.05) is 5.16 Å². The monoisotopic (exact) mass is 312 g/mol. The van der Waals surface area contributed by atoms with Gasteiger partial charge in [0.1, 0.15) is 0 Å². The minimum absolute atomic E-state index is 0.557. The van der Waals surface area contributed by atoms with Crippen molar-refractivity contribution in [1.82, 2.24) is 20.0 Å². The zero-order valence-corrected chi connectivity index (χ0v) is 13.7. The molecule has 2 fully saturated rings. The fourth-order valence-corrected chi connectivity index (χ4v) is 3.37.